The number of aromatic nitrogens is 2. The number of amides is 3. The van der Waals surface area contributed by atoms with Gasteiger partial charge in [-0.1, -0.05) is 13.8 Å². The molecule has 6 rings (SSSR count). The number of ether oxygens (including phenoxy) is 2. The van der Waals surface area contributed by atoms with Crippen LogP contribution in [0.25, 0.3) is 6.20 Å². The van der Waals surface area contributed by atoms with Crippen molar-refractivity contribution in [1.29, 1.82) is 0 Å². The molecule has 5 aliphatic rings. The Morgan fingerprint density at radius 2 is 1.97 bits per heavy atom. The summed E-state index contributed by atoms with van der Waals surface area (Å²) in [5, 5.41) is 7.75. The van der Waals surface area contributed by atoms with Crippen molar-refractivity contribution in [2.45, 2.75) is 89.8 Å². The van der Waals surface area contributed by atoms with Crippen LogP contribution < -0.4 is 15.8 Å². The lowest BCUT2D eigenvalue weighted by atomic mass is 9.52. The molecule has 0 spiro atoms. The Morgan fingerprint density at radius 3 is 2.58 bits per heavy atom. The van der Waals surface area contributed by atoms with Crippen molar-refractivity contribution < 1.29 is 23.9 Å². The van der Waals surface area contributed by atoms with Gasteiger partial charge in [0.1, 0.15) is 11.2 Å². The van der Waals surface area contributed by atoms with Crippen molar-refractivity contribution >= 4 is 24.1 Å². The van der Waals surface area contributed by atoms with Crippen molar-refractivity contribution in [2.24, 2.45) is 29.4 Å². The van der Waals surface area contributed by atoms with E-state index >= 15 is 0 Å². The molecule has 38 heavy (non-hydrogen) atoms. The van der Waals surface area contributed by atoms with Crippen LogP contribution >= 0.6 is 0 Å². The number of carbonyl (C=O) groups excluding carboxylic acids is 3. The molecule has 3 amide bonds. The molecule has 5 fully saturated rings. The summed E-state index contributed by atoms with van der Waals surface area (Å²) in [6.07, 6.45) is 10.4. The molecule has 4 bridgehead atoms. The van der Waals surface area contributed by atoms with E-state index < -0.39 is 17.2 Å². The molecular weight excluding hydrogens is 486 g/mol. The van der Waals surface area contributed by atoms with Gasteiger partial charge in [-0.25, -0.2) is 9.48 Å². The summed E-state index contributed by atoms with van der Waals surface area (Å²) >= 11 is 0. The normalized spacial score (nSPS) is 30.4. The minimum absolute atomic E-state index is 0.0144. The van der Waals surface area contributed by atoms with Crippen molar-refractivity contribution in [3.05, 3.63) is 17.8 Å². The fraction of sp³-hybridized carbons (Fsp3) is 0.714. The number of nitrogens with zero attached hydrogens (tertiary/aromatic N) is 3. The van der Waals surface area contributed by atoms with Crippen LogP contribution in [0.3, 0.4) is 0 Å². The van der Waals surface area contributed by atoms with Crippen LogP contribution in [0, 0.1) is 23.7 Å². The zero-order valence-corrected chi connectivity index (χ0v) is 22.9. The van der Waals surface area contributed by atoms with Gasteiger partial charge in [-0.2, -0.15) is 5.10 Å². The summed E-state index contributed by atoms with van der Waals surface area (Å²) in [7, 11) is 0. The second-order valence-corrected chi connectivity index (χ2v) is 12.7. The van der Waals surface area contributed by atoms with Gasteiger partial charge in [-0.3, -0.25) is 9.59 Å². The lowest BCUT2D eigenvalue weighted by Crippen LogP contribution is -2.63. The summed E-state index contributed by atoms with van der Waals surface area (Å²) in [6, 6.07) is 0.0144. The van der Waals surface area contributed by atoms with Gasteiger partial charge in [0.15, 0.2) is 0 Å². The van der Waals surface area contributed by atoms with E-state index in [9.17, 15) is 14.4 Å². The minimum Gasteiger partial charge on any atom is -0.477 e. The first-order chi connectivity index (χ1) is 18.0. The molecule has 3 N–H and O–H groups in total. The van der Waals surface area contributed by atoms with Gasteiger partial charge in [0.05, 0.1) is 18.3 Å². The Labute approximate surface area is 224 Å². The Balaban J connectivity index is 1.34. The van der Waals surface area contributed by atoms with Crippen LogP contribution in [0.4, 0.5) is 4.79 Å². The van der Waals surface area contributed by atoms with Crippen molar-refractivity contribution in [1.82, 2.24) is 20.0 Å². The molecule has 1 aromatic rings. The number of nitrogens with one attached hydrogen (secondary N) is 1. The zero-order chi connectivity index (χ0) is 27.2. The van der Waals surface area contributed by atoms with Crippen molar-refractivity contribution in [2.75, 3.05) is 13.2 Å². The first-order valence-electron chi connectivity index (χ1n) is 14.0. The second-order valence-electron chi connectivity index (χ2n) is 12.7. The molecule has 1 aliphatic heterocycles. The van der Waals surface area contributed by atoms with Crippen molar-refractivity contribution in [3.63, 3.8) is 0 Å². The summed E-state index contributed by atoms with van der Waals surface area (Å²) in [5.74, 6) is 1.60. The molecule has 4 saturated carbocycles. The molecule has 2 heterocycles. The molecule has 10 nitrogen and oxygen atoms in total. The molecule has 0 aromatic carbocycles. The Hall–Kier alpha value is -3.04. The van der Waals surface area contributed by atoms with E-state index in [0.717, 1.165) is 45.1 Å². The maximum Gasteiger partial charge on any atom is 0.405 e. The van der Waals surface area contributed by atoms with E-state index in [0.29, 0.717) is 30.4 Å². The molecule has 4 aliphatic carbocycles. The predicted molar refractivity (Wildman–Crippen MR) is 141 cm³/mol. The molecule has 2 unspecified atom stereocenters. The third-order valence-corrected chi connectivity index (χ3v) is 8.77. The summed E-state index contributed by atoms with van der Waals surface area (Å²) in [6.45, 7) is 9.28. The van der Waals surface area contributed by atoms with Gasteiger partial charge < -0.3 is 25.4 Å². The van der Waals surface area contributed by atoms with Crippen LogP contribution in [-0.2, 0) is 9.53 Å². The fourth-order valence-corrected chi connectivity index (χ4v) is 7.36. The van der Waals surface area contributed by atoms with Gasteiger partial charge >= 0.3 is 6.09 Å². The van der Waals surface area contributed by atoms with Gasteiger partial charge in [0.25, 0.3) is 5.91 Å². The Kier molecular flexibility index (Phi) is 6.94. The predicted octanol–water partition coefficient (Wildman–Crippen LogP) is 3.56. The van der Waals surface area contributed by atoms with Crippen LogP contribution in [0.2, 0.25) is 0 Å². The molecular formula is C28H41N5O5. The summed E-state index contributed by atoms with van der Waals surface area (Å²) < 4.78 is 13.3. The lowest BCUT2D eigenvalue weighted by Gasteiger charge is -2.58. The largest absolute Gasteiger partial charge is 0.477 e. The number of hydrogen-bond donors (Lipinski definition) is 2. The number of hydrogen-bond acceptors (Lipinski definition) is 6. The minimum atomic E-state index is -0.711. The average molecular weight is 528 g/mol. The number of nitrogens with two attached hydrogens (primary N) is 1. The summed E-state index contributed by atoms with van der Waals surface area (Å²) in [4.78, 5) is 39.3. The van der Waals surface area contributed by atoms with Crippen LogP contribution in [0.1, 0.15) is 83.0 Å². The SMILES string of the molecule is CC(C)COc1c(C(=O)NC2C3CC4CC2CC(OC(N)=O)(C4)C3)cnn1/C=C/C(C)(C)N1CCCC1=O. The quantitative estimate of drug-likeness (QED) is 0.505. The number of carbonyl (C=O) groups is 3. The van der Waals surface area contributed by atoms with Crippen LogP contribution in [0.15, 0.2) is 12.3 Å². The highest BCUT2D eigenvalue weighted by molar-refractivity contribution is 5.96. The fourth-order valence-electron chi connectivity index (χ4n) is 7.36. The summed E-state index contributed by atoms with van der Waals surface area (Å²) in [5.41, 5.74) is 4.82. The van der Waals surface area contributed by atoms with E-state index in [2.05, 4.69) is 24.3 Å². The molecule has 0 radical (unpaired) electrons. The van der Waals surface area contributed by atoms with Crippen LogP contribution in [-0.4, -0.2) is 62.9 Å². The first-order valence-corrected chi connectivity index (χ1v) is 14.0. The highest BCUT2D eigenvalue weighted by Crippen LogP contribution is 2.57. The van der Waals surface area contributed by atoms with Crippen LogP contribution in [0.5, 0.6) is 5.88 Å². The Bertz CT molecular complexity index is 1110. The van der Waals surface area contributed by atoms with Crippen molar-refractivity contribution in [3.8, 4) is 5.88 Å². The second kappa shape index (κ2) is 9.93. The smallest absolute Gasteiger partial charge is 0.405 e. The molecule has 10 heteroatoms. The van der Waals surface area contributed by atoms with Gasteiger partial charge in [0, 0.05) is 25.2 Å². The monoisotopic (exact) mass is 527 g/mol. The van der Waals surface area contributed by atoms with Gasteiger partial charge in [0.2, 0.25) is 11.8 Å². The lowest BCUT2D eigenvalue weighted by molar-refractivity contribution is -0.137. The van der Waals surface area contributed by atoms with E-state index in [1.54, 1.807) is 17.1 Å². The Morgan fingerprint density at radius 1 is 1.26 bits per heavy atom. The number of likely N-dealkylation sites (tertiary alicyclic amines) is 1. The molecule has 1 saturated heterocycles. The van der Waals surface area contributed by atoms with E-state index in [1.807, 2.05) is 24.8 Å². The van der Waals surface area contributed by atoms with Gasteiger partial charge in [-0.15, -0.1) is 0 Å². The third-order valence-electron chi connectivity index (χ3n) is 8.77. The number of rotatable bonds is 9. The molecule has 208 valence electrons. The average Bonchev–Trinajstić information content (AvgIpc) is 3.43. The molecule has 2 atom stereocenters. The topological polar surface area (TPSA) is 129 Å². The highest BCUT2D eigenvalue weighted by Gasteiger charge is 2.57. The first kappa shape index (κ1) is 26.6. The maximum absolute atomic E-state index is 13.6. The van der Waals surface area contributed by atoms with E-state index in [1.165, 1.54) is 0 Å². The number of primary amides is 1. The third kappa shape index (κ3) is 5.14. The zero-order valence-electron chi connectivity index (χ0n) is 22.9. The molecule has 1 aromatic heterocycles. The van der Waals surface area contributed by atoms with Gasteiger partial charge in [-0.05, 0) is 82.1 Å². The standard InChI is InChI=1S/C28H41N5O5/c1-17(2)16-37-25-21(15-30-33(25)9-7-27(3,4)32-8-5-6-22(32)34)24(35)31-23-19-10-18-11-20(23)14-28(12-18,13-19)38-26(29)36/h7,9,15,17-20,23H,5-6,8,10-14,16H2,1-4H3,(H2,29,36)(H,31,35)/b9-7+. The highest BCUT2D eigenvalue weighted by atomic mass is 16.6. The van der Waals surface area contributed by atoms with E-state index in [-0.39, 0.29) is 35.6 Å². The maximum atomic E-state index is 13.6. The van der Waals surface area contributed by atoms with E-state index in [4.69, 9.17) is 15.2 Å².